The van der Waals surface area contributed by atoms with Crippen LogP contribution in [-0.2, 0) is 4.79 Å². The van der Waals surface area contributed by atoms with E-state index in [9.17, 15) is 4.79 Å². The lowest BCUT2D eigenvalue weighted by molar-refractivity contribution is -0.115. The van der Waals surface area contributed by atoms with E-state index >= 15 is 0 Å². The molecule has 0 aromatic heterocycles. The normalized spacial score (nSPS) is 15.3. The lowest BCUT2D eigenvalue weighted by Crippen LogP contribution is -2.27. The molecule has 78 valence electrons. The average molecular weight is 220 g/mol. The van der Waals surface area contributed by atoms with Crippen LogP contribution >= 0.6 is 11.8 Å². The number of aliphatic imine (C=N–C) groups is 1. The fraction of sp³-hybridized carbons (Fsp3) is 0.273. The van der Waals surface area contributed by atoms with E-state index in [1.807, 2.05) is 30.3 Å². The van der Waals surface area contributed by atoms with Crippen LogP contribution in [0.15, 0.2) is 35.3 Å². The van der Waals surface area contributed by atoms with Gasteiger partial charge in [0.15, 0.2) is 5.17 Å². The highest BCUT2D eigenvalue weighted by molar-refractivity contribution is 8.15. The summed E-state index contributed by atoms with van der Waals surface area (Å²) in [5, 5.41) is 0.814. The minimum absolute atomic E-state index is 0.0376. The van der Waals surface area contributed by atoms with Crippen LogP contribution in [0.2, 0.25) is 0 Å². The van der Waals surface area contributed by atoms with Gasteiger partial charge in [-0.3, -0.25) is 4.79 Å². The molecule has 0 unspecified atom stereocenters. The first-order chi connectivity index (χ1) is 7.31. The van der Waals surface area contributed by atoms with Crippen molar-refractivity contribution < 1.29 is 4.79 Å². The van der Waals surface area contributed by atoms with Gasteiger partial charge < -0.3 is 4.90 Å². The van der Waals surface area contributed by atoms with Crippen LogP contribution in [0.5, 0.6) is 0 Å². The van der Waals surface area contributed by atoms with E-state index in [1.165, 1.54) is 11.8 Å². The van der Waals surface area contributed by atoms with E-state index in [1.54, 1.807) is 0 Å². The molecule has 0 spiro atoms. The molecule has 0 saturated heterocycles. The molecule has 0 bridgehead atoms. The number of thioether (sulfide) groups is 1. The molecule has 0 aliphatic carbocycles. The van der Waals surface area contributed by atoms with Crippen LogP contribution in [0.25, 0.3) is 0 Å². The fourth-order valence-corrected chi connectivity index (χ4v) is 2.35. The summed E-state index contributed by atoms with van der Waals surface area (Å²) in [6.45, 7) is 2.88. The number of amidine groups is 1. The third-order valence-electron chi connectivity index (χ3n) is 2.16. The van der Waals surface area contributed by atoms with E-state index < -0.39 is 0 Å². The largest absolute Gasteiger partial charge is 0.321 e. The summed E-state index contributed by atoms with van der Waals surface area (Å²) in [6, 6.07) is 10.00. The van der Waals surface area contributed by atoms with E-state index in [0.717, 1.165) is 17.4 Å². The van der Waals surface area contributed by atoms with Gasteiger partial charge in [-0.25, -0.2) is 0 Å². The molecule has 2 rings (SSSR count). The Bertz CT molecular complexity index is 389. The summed E-state index contributed by atoms with van der Waals surface area (Å²) in [5.74, 6) is 0.433. The summed E-state index contributed by atoms with van der Waals surface area (Å²) < 4.78 is 0. The van der Waals surface area contributed by atoms with Crippen LogP contribution < -0.4 is 4.90 Å². The monoisotopic (exact) mass is 220 g/mol. The summed E-state index contributed by atoms with van der Waals surface area (Å²) >= 11 is 1.50. The molecule has 4 heteroatoms. The molecule has 0 fully saturated rings. The second-order valence-electron chi connectivity index (χ2n) is 3.16. The first kappa shape index (κ1) is 10.2. The van der Waals surface area contributed by atoms with Gasteiger partial charge in [0.2, 0.25) is 0 Å². The zero-order valence-corrected chi connectivity index (χ0v) is 9.33. The van der Waals surface area contributed by atoms with Crippen molar-refractivity contribution in [2.45, 2.75) is 6.92 Å². The molecule has 0 saturated carbocycles. The molecule has 0 N–H and O–H groups in total. The molecule has 1 aliphatic heterocycles. The molecule has 15 heavy (non-hydrogen) atoms. The molecular weight excluding hydrogens is 208 g/mol. The van der Waals surface area contributed by atoms with Gasteiger partial charge in [-0.1, -0.05) is 30.0 Å². The third kappa shape index (κ3) is 2.21. The summed E-state index contributed by atoms with van der Waals surface area (Å²) in [5.41, 5.74) is 1.08. The van der Waals surface area contributed by atoms with E-state index in [2.05, 4.69) is 16.8 Å². The van der Waals surface area contributed by atoms with Crippen molar-refractivity contribution in [2.75, 3.05) is 17.2 Å². The predicted octanol–water partition coefficient (Wildman–Crippen LogP) is 2.14. The van der Waals surface area contributed by atoms with Crippen molar-refractivity contribution in [3.63, 3.8) is 0 Å². The Hall–Kier alpha value is -1.29. The molecule has 0 atom stereocenters. The first-order valence-corrected chi connectivity index (χ1v) is 5.86. The number of hydrogen-bond donors (Lipinski definition) is 0. The maximum Gasteiger partial charge on any atom is 0.258 e. The zero-order valence-electron chi connectivity index (χ0n) is 8.51. The van der Waals surface area contributed by atoms with Crippen LogP contribution in [-0.4, -0.2) is 23.4 Å². The van der Waals surface area contributed by atoms with Crippen molar-refractivity contribution >= 4 is 28.5 Å². The van der Waals surface area contributed by atoms with E-state index in [0.29, 0.717) is 5.75 Å². The number of para-hydroxylation sites is 1. The van der Waals surface area contributed by atoms with Crippen molar-refractivity contribution in [1.82, 2.24) is 0 Å². The topological polar surface area (TPSA) is 32.7 Å². The third-order valence-corrected chi connectivity index (χ3v) is 3.12. The predicted molar refractivity (Wildman–Crippen MR) is 64.4 cm³/mol. The number of amides is 1. The summed E-state index contributed by atoms with van der Waals surface area (Å²) in [6.07, 6.45) is 0. The Kier molecular flexibility index (Phi) is 3.06. The molecule has 1 aliphatic rings. The molecule has 1 heterocycles. The Balaban J connectivity index is 2.25. The maximum atomic E-state index is 11.1. The number of anilines is 1. The smallest absolute Gasteiger partial charge is 0.258 e. The van der Waals surface area contributed by atoms with Gasteiger partial charge in [0, 0.05) is 12.2 Å². The Morgan fingerprint density at radius 2 is 2.13 bits per heavy atom. The van der Waals surface area contributed by atoms with Crippen LogP contribution in [0.1, 0.15) is 6.92 Å². The second-order valence-corrected chi connectivity index (χ2v) is 4.10. The highest BCUT2D eigenvalue weighted by Crippen LogP contribution is 2.22. The number of benzene rings is 1. The number of hydrogen-bond acceptors (Lipinski definition) is 3. The summed E-state index contributed by atoms with van der Waals surface area (Å²) in [7, 11) is 0. The number of carbonyl (C=O) groups is 1. The van der Waals surface area contributed by atoms with Crippen molar-refractivity contribution in [3.8, 4) is 0 Å². The molecule has 0 radical (unpaired) electrons. The standard InChI is InChI=1S/C11H12N2OS/c1-2-13(9-6-4-3-5-7-9)11-12-10(14)8-15-11/h3-7H,2,8H2,1H3. The molecular formula is C11H12N2OS. The minimum atomic E-state index is -0.0376. The SMILES string of the molecule is CCN(C1=NC(=O)CS1)c1ccccc1. The fourth-order valence-electron chi connectivity index (χ4n) is 1.47. The first-order valence-electron chi connectivity index (χ1n) is 4.88. The summed E-state index contributed by atoms with van der Waals surface area (Å²) in [4.78, 5) is 17.1. The van der Waals surface area contributed by atoms with Gasteiger partial charge in [0.05, 0.1) is 5.75 Å². The Morgan fingerprint density at radius 1 is 1.40 bits per heavy atom. The van der Waals surface area contributed by atoms with Crippen molar-refractivity contribution in [3.05, 3.63) is 30.3 Å². The zero-order chi connectivity index (χ0) is 10.7. The molecule has 1 aromatic rings. The van der Waals surface area contributed by atoms with Gasteiger partial charge in [0.25, 0.3) is 5.91 Å². The van der Waals surface area contributed by atoms with E-state index in [-0.39, 0.29) is 5.91 Å². The number of nitrogens with zero attached hydrogens (tertiary/aromatic N) is 2. The minimum Gasteiger partial charge on any atom is -0.321 e. The van der Waals surface area contributed by atoms with Crippen molar-refractivity contribution in [2.24, 2.45) is 4.99 Å². The van der Waals surface area contributed by atoms with Gasteiger partial charge in [-0.05, 0) is 19.1 Å². The average Bonchev–Trinajstić information content (AvgIpc) is 2.68. The Labute approximate surface area is 93.2 Å². The van der Waals surface area contributed by atoms with Gasteiger partial charge in [0.1, 0.15) is 0 Å². The lowest BCUT2D eigenvalue weighted by Gasteiger charge is -2.21. The number of carbonyl (C=O) groups excluding carboxylic acids is 1. The van der Waals surface area contributed by atoms with Crippen LogP contribution in [0.4, 0.5) is 5.69 Å². The molecule has 3 nitrogen and oxygen atoms in total. The second kappa shape index (κ2) is 4.49. The van der Waals surface area contributed by atoms with Crippen LogP contribution in [0.3, 0.4) is 0 Å². The molecule has 1 amide bonds. The number of rotatable bonds is 2. The quantitative estimate of drug-likeness (QED) is 0.765. The van der Waals surface area contributed by atoms with E-state index in [4.69, 9.17) is 0 Å². The lowest BCUT2D eigenvalue weighted by atomic mass is 10.3. The van der Waals surface area contributed by atoms with Crippen LogP contribution in [0, 0.1) is 0 Å². The van der Waals surface area contributed by atoms with Gasteiger partial charge in [-0.2, -0.15) is 4.99 Å². The van der Waals surface area contributed by atoms with Gasteiger partial charge >= 0.3 is 0 Å². The highest BCUT2D eigenvalue weighted by Gasteiger charge is 2.20. The molecule has 1 aromatic carbocycles. The van der Waals surface area contributed by atoms with Crippen molar-refractivity contribution in [1.29, 1.82) is 0 Å². The highest BCUT2D eigenvalue weighted by atomic mass is 32.2. The maximum absolute atomic E-state index is 11.1. The Morgan fingerprint density at radius 3 is 2.67 bits per heavy atom. The van der Waals surface area contributed by atoms with Gasteiger partial charge in [-0.15, -0.1) is 0 Å².